The van der Waals surface area contributed by atoms with Crippen LogP contribution in [0.5, 0.6) is 0 Å². The fraction of sp³-hybridized carbons (Fsp3) is 0.917. The van der Waals surface area contributed by atoms with E-state index in [0.717, 1.165) is 0 Å². The highest BCUT2D eigenvalue weighted by atomic mass is 32.2. The molecule has 0 amide bonds. The Kier molecular flexibility index (Phi) is 7.83. The lowest BCUT2D eigenvalue weighted by Crippen LogP contribution is -2.75. The Hall–Kier alpha value is -1.28. The van der Waals surface area contributed by atoms with Crippen molar-refractivity contribution in [1.29, 1.82) is 0 Å². The minimum absolute atomic E-state index is 0.567. The molecule has 33 heavy (non-hydrogen) atoms. The first-order chi connectivity index (χ1) is 14.0. The molecular weight excluding hydrogens is 545 g/mol. The van der Waals surface area contributed by atoms with Gasteiger partial charge < -0.3 is 0 Å². The highest BCUT2D eigenvalue weighted by Crippen LogP contribution is 2.64. The van der Waals surface area contributed by atoms with Gasteiger partial charge in [0, 0.05) is 13.1 Å². The van der Waals surface area contributed by atoms with Crippen molar-refractivity contribution in [1.82, 2.24) is 4.31 Å². The molecule has 0 saturated heterocycles. The SMILES string of the molecule is [CH2]CN(CC)S(=O)(=O)C(F)(F)C(F)(F)C(F)(F)C(F)(F)C(F)(F)C(F)(F)C(F)(F)C(F)(F)F. The monoisotopic (exact) mass is 554 g/mol. The van der Waals surface area contributed by atoms with Crippen LogP contribution in [-0.4, -0.2) is 72.8 Å². The van der Waals surface area contributed by atoms with Crippen molar-refractivity contribution in [3.05, 3.63) is 6.92 Å². The van der Waals surface area contributed by atoms with Crippen LogP contribution >= 0.6 is 0 Å². The molecule has 0 spiro atoms. The average molecular weight is 554 g/mol. The molecule has 0 fully saturated rings. The van der Waals surface area contributed by atoms with Crippen molar-refractivity contribution >= 4 is 10.0 Å². The van der Waals surface area contributed by atoms with Crippen LogP contribution in [0.3, 0.4) is 0 Å². The molecule has 0 bridgehead atoms. The van der Waals surface area contributed by atoms with Crippen molar-refractivity contribution in [2.75, 3.05) is 13.1 Å². The van der Waals surface area contributed by atoms with Gasteiger partial charge in [-0.15, -0.1) is 0 Å². The van der Waals surface area contributed by atoms with Gasteiger partial charge in [-0.3, -0.25) is 0 Å². The fourth-order valence-corrected chi connectivity index (χ4v) is 3.28. The third kappa shape index (κ3) is 3.89. The Morgan fingerprint density at radius 2 is 0.848 bits per heavy atom. The maximum absolute atomic E-state index is 13.8. The molecule has 0 aliphatic carbocycles. The summed E-state index contributed by atoms with van der Waals surface area (Å²) in [4.78, 5) is 0. The lowest BCUT2D eigenvalue weighted by molar-refractivity contribution is -0.458. The number of halogens is 17. The van der Waals surface area contributed by atoms with Gasteiger partial charge in [0.1, 0.15) is 0 Å². The Balaban J connectivity index is 7.02. The van der Waals surface area contributed by atoms with Crippen LogP contribution in [0.15, 0.2) is 0 Å². The summed E-state index contributed by atoms with van der Waals surface area (Å²) < 4.78 is 245. The lowest BCUT2D eigenvalue weighted by Gasteiger charge is -2.42. The molecule has 0 rings (SSSR count). The van der Waals surface area contributed by atoms with E-state index in [4.69, 9.17) is 0 Å². The summed E-state index contributed by atoms with van der Waals surface area (Å²) in [6.07, 6.45) is -7.86. The molecule has 0 unspecified atom stereocenters. The highest BCUT2D eigenvalue weighted by Gasteiger charge is 2.96. The molecule has 0 saturated carbocycles. The second kappa shape index (κ2) is 8.14. The maximum Gasteiger partial charge on any atom is 0.460 e. The van der Waals surface area contributed by atoms with Gasteiger partial charge in [0.2, 0.25) is 0 Å². The average Bonchev–Trinajstić information content (AvgIpc) is 2.60. The molecule has 0 aromatic heterocycles. The van der Waals surface area contributed by atoms with Gasteiger partial charge >= 0.3 is 47.0 Å². The summed E-state index contributed by atoms with van der Waals surface area (Å²) in [5, 5.41) is -7.53. The first kappa shape index (κ1) is 31.7. The maximum atomic E-state index is 13.8. The molecule has 1 radical (unpaired) electrons. The fourth-order valence-electron chi connectivity index (χ4n) is 1.92. The van der Waals surface area contributed by atoms with Gasteiger partial charge in [0.05, 0.1) is 0 Å². The molecule has 199 valence electrons. The Morgan fingerprint density at radius 1 is 0.576 bits per heavy atom. The third-order valence-electron chi connectivity index (χ3n) is 3.96. The van der Waals surface area contributed by atoms with Crippen molar-refractivity contribution < 1.29 is 83.1 Å². The van der Waals surface area contributed by atoms with Crippen LogP contribution in [0.1, 0.15) is 6.92 Å². The molecule has 0 heterocycles. The summed E-state index contributed by atoms with van der Waals surface area (Å²) in [7, 11) is -7.22. The molecule has 0 atom stereocenters. The van der Waals surface area contributed by atoms with Crippen molar-refractivity contribution in [3.63, 3.8) is 0 Å². The summed E-state index contributed by atoms with van der Waals surface area (Å²) in [6.45, 7) is 0.354. The Bertz CT molecular complexity index is 812. The standard InChI is InChI=1S/C12H9F17NO2S/c1-3-30(4-2)33(31,32)12(28,29)10(23,24)8(19,20)6(15,16)5(13,14)7(17,18)9(21,22)11(25,26)27/h1,3-4H2,2H3. The molecular formula is C12H9F17NO2S. The van der Waals surface area contributed by atoms with E-state index in [0.29, 0.717) is 6.92 Å². The zero-order valence-electron chi connectivity index (χ0n) is 15.2. The lowest BCUT2D eigenvalue weighted by atomic mass is 9.91. The van der Waals surface area contributed by atoms with Crippen LogP contribution in [0.25, 0.3) is 0 Å². The topological polar surface area (TPSA) is 37.4 Å². The van der Waals surface area contributed by atoms with Gasteiger partial charge in [-0.1, -0.05) is 6.92 Å². The Labute approximate surface area is 172 Å². The van der Waals surface area contributed by atoms with Gasteiger partial charge in [-0.05, 0) is 6.92 Å². The molecule has 3 nitrogen and oxygen atoms in total. The van der Waals surface area contributed by atoms with Gasteiger partial charge in [-0.25, -0.2) is 8.42 Å². The second-order valence-electron chi connectivity index (χ2n) is 5.96. The molecule has 0 aliphatic heterocycles. The van der Waals surface area contributed by atoms with Crippen LogP contribution in [0.4, 0.5) is 74.6 Å². The van der Waals surface area contributed by atoms with E-state index in [1.165, 1.54) is 0 Å². The summed E-state index contributed by atoms with van der Waals surface area (Å²) in [6, 6.07) is 0. The number of alkyl halides is 17. The van der Waals surface area contributed by atoms with E-state index >= 15 is 0 Å². The third-order valence-corrected chi connectivity index (χ3v) is 5.98. The van der Waals surface area contributed by atoms with Crippen molar-refractivity contribution in [2.24, 2.45) is 0 Å². The van der Waals surface area contributed by atoms with E-state index in [1.54, 1.807) is 0 Å². The number of hydrogen-bond acceptors (Lipinski definition) is 2. The number of rotatable bonds is 10. The molecule has 0 N–H and O–H groups in total. The molecule has 0 aromatic rings. The highest BCUT2D eigenvalue weighted by molar-refractivity contribution is 7.90. The Morgan fingerprint density at radius 3 is 1.09 bits per heavy atom. The number of nitrogens with zero attached hydrogens (tertiary/aromatic N) is 1. The first-order valence-corrected chi connectivity index (χ1v) is 8.96. The minimum atomic E-state index is -8.83. The number of hydrogen-bond donors (Lipinski definition) is 0. The zero-order chi connectivity index (χ0) is 27.5. The zero-order valence-corrected chi connectivity index (χ0v) is 16.0. The van der Waals surface area contributed by atoms with Crippen LogP contribution in [0.2, 0.25) is 0 Å². The molecule has 21 heteroatoms. The van der Waals surface area contributed by atoms with Crippen LogP contribution < -0.4 is 0 Å². The minimum Gasteiger partial charge on any atom is -0.206 e. The smallest absolute Gasteiger partial charge is 0.206 e. The van der Waals surface area contributed by atoms with E-state index in [2.05, 4.69) is 6.92 Å². The van der Waals surface area contributed by atoms with E-state index in [-0.39, 0.29) is 0 Å². The van der Waals surface area contributed by atoms with Crippen LogP contribution in [-0.2, 0) is 10.0 Å². The van der Waals surface area contributed by atoms with Gasteiger partial charge in [0.15, 0.2) is 0 Å². The normalized spacial score (nSPS) is 16.5. The van der Waals surface area contributed by atoms with Crippen LogP contribution in [0, 0.1) is 6.92 Å². The predicted octanol–water partition coefficient (Wildman–Crippen LogP) is 5.44. The quantitative estimate of drug-likeness (QED) is 0.338. The van der Waals surface area contributed by atoms with Gasteiger partial charge in [0.25, 0.3) is 10.0 Å². The van der Waals surface area contributed by atoms with Gasteiger partial charge in [-0.2, -0.15) is 78.9 Å². The van der Waals surface area contributed by atoms with E-state index in [1.807, 2.05) is 0 Å². The first-order valence-electron chi connectivity index (χ1n) is 7.52. The van der Waals surface area contributed by atoms with Crippen molar-refractivity contribution in [2.45, 2.75) is 53.9 Å². The predicted molar refractivity (Wildman–Crippen MR) is 72.2 cm³/mol. The largest absolute Gasteiger partial charge is 0.460 e. The summed E-state index contributed by atoms with van der Waals surface area (Å²) in [5.74, 6) is -51.5. The molecule has 0 aliphatic rings. The molecule has 0 aromatic carbocycles. The van der Waals surface area contributed by atoms with Crippen molar-refractivity contribution in [3.8, 4) is 0 Å². The summed E-state index contributed by atoms with van der Waals surface area (Å²) >= 11 is 0. The second-order valence-corrected chi connectivity index (χ2v) is 7.94. The number of sulfonamides is 1. The van der Waals surface area contributed by atoms with E-state index < -0.39 is 74.4 Å². The van der Waals surface area contributed by atoms with E-state index in [9.17, 15) is 83.1 Å². The summed E-state index contributed by atoms with van der Waals surface area (Å²) in [5.41, 5.74) is 0.